The molecular weight excluding hydrogens is 470 g/mol. The molecule has 0 fully saturated rings. The van der Waals surface area contributed by atoms with Crippen LogP contribution in [0.2, 0.25) is 0 Å². The molecule has 178 valence electrons. The van der Waals surface area contributed by atoms with Crippen LogP contribution in [0.5, 0.6) is 0 Å². The molecule has 35 heavy (non-hydrogen) atoms. The number of aliphatic hydroxyl groups excluding tert-OH is 1. The van der Waals surface area contributed by atoms with Gasteiger partial charge in [-0.1, -0.05) is 18.2 Å². The Kier molecular flexibility index (Phi) is 5.73. The van der Waals surface area contributed by atoms with Crippen LogP contribution in [0, 0.1) is 11.9 Å². The minimum atomic E-state index is -2.94. The summed E-state index contributed by atoms with van der Waals surface area (Å²) in [5, 5.41) is 18.0. The summed E-state index contributed by atoms with van der Waals surface area (Å²) in [4.78, 5) is 22.2. The summed E-state index contributed by atoms with van der Waals surface area (Å²) in [5.41, 5.74) is 0.943. The molecule has 0 bridgehead atoms. The van der Waals surface area contributed by atoms with Gasteiger partial charge in [0.2, 0.25) is 17.8 Å². The third-order valence-corrected chi connectivity index (χ3v) is 5.53. The number of fused-ring (bicyclic) bond motifs is 1. The van der Waals surface area contributed by atoms with E-state index in [2.05, 4.69) is 20.2 Å². The van der Waals surface area contributed by atoms with E-state index >= 15 is 0 Å². The number of halogens is 4. The van der Waals surface area contributed by atoms with E-state index < -0.39 is 42.3 Å². The number of benzene rings is 1. The maximum absolute atomic E-state index is 14.0. The normalized spacial score (nSPS) is 14.9. The highest BCUT2D eigenvalue weighted by Gasteiger charge is 2.39. The number of amides is 1. The SMILES string of the molecule is O=C1c2cc(-c3nnc(C(F)F)o3)ccc2CN1C(c1cccc(F)n1)C(O)c1cccc(F)n1. The van der Waals surface area contributed by atoms with Gasteiger partial charge in [0.05, 0.1) is 11.4 Å². The predicted octanol–water partition coefficient (Wildman–Crippen LogP) is 4.17. The lowest BCUT2D eigenvalue weighted by molar-refractivity contribution is 0.0327. The number of nitrogens with zero attached hydrogens (tertiary/aromatic N) is 5. The Balaban J connectivity index is 1.53. The van der Waals surface area contributed by atoms with E-state index in [0.717, 1.165) is 12.1 Å². The van der Waals surface area contributed by atoms with Crippen LogP contribution in [0.1, 0.15) is 51.8 Å². The molecule has 0 spiro atoms. The number of carbonyl (C=O) groups excluding carboxylic acids is 1. The molecule has 0 saturated heterocycles. The van der Waals surface area contributed by atoms with Gasteiger partial charge in [0.25, 0.3) is 11.8 Å². The highest BCUT2D eigenvalue weighted by molar-refractivity contribution is 5.99. The summed E-state index contributed by atoms with van der Waals surface area (Å²) in [7, 11) is 0. The predicted molar refractivity (Wildman–Crippen MR) is 111 cm³/mol. The molecular formula is C23H15F4N5O3. The zero-order valence-electron chi connectivity index (χ0n) is 17.6. The van der Waals surface area contributed by atoms with Gasteiger partial charge >= 0.3 is 6.43 Å². The van der Waals surface area contributed by atoms with Crippen molar-refractivity contribution in [2.24, 2.45) is 0 Å². The number of hydrogen-bond donors (Lipinski definition) is 1. The fraction of sp³-hybridized carbons (Fsp3) is 0.174. The van der Waals surface area contributed by atoms with Gasteiger partial charge in [-0.05, 0) is 42.0 Å². The fourth-order valence-electron chi connectivity index (χ4n) is 3.95. The number of pyridine rings is 2. The summed E-state index contributed by atoms with van der Waals surface area (Å²) in [6.45, 7) is 0.00972. The highest BCUT2D eigenvalue weighted by Crippen LogP contribution is 2.39. The van der Waals surface area contributed by atoms with Crippen molar-refractivity contribution in [1.82, 2.24) is 25.1 Å². The van der Waals surface area contributed by atoms with Crippen molar-refractivity contribution in [1.29, 1.82) is 0 Å². The molecule has 0 saturated carbocycles. The van der Waals surface area contributed by atoms with Gasteiger partial charge in [0.1, 0.15) is 12.1 Å². The summed E-state index contributed by atoms with van der Waals surface area (Å²) in [6.07, 6.45) is -4.48. The molecule has 1 aromatic carbocycles. The van der Waals surface area contributed by atoms with Crippen LogP contribution in [0.4, 0.5) is 17.6 Å². The Morgan fingerprint density at radius 1 is 0.943 bits per heavy atom. The van der Waals surface area contributed by atoms with E-state index in [1.165, 1.54) is 41.3 Å². The Bertz CT molecular complexity index is 1410. The Morgan fingerprint density at radius 3 is 2.29 bits per heavy atom. The van der Waals surface area contributed by atoms with Crippen LogP contribution in [0.25, 0.3) is 11.5 Å². The van der Waals surface area contributed by atoms with Crippen molar-refractivity contribution >= 4 is 5.91 Å². The number of aromatic nitrogens is 4. The molecule has 12 heteroatoms. The van der Waals surface area contributed by atoms with Crippen LogP contribution in [0.15, 0.2) is 59.0 Å². The maximum atomic E-state index is 14.0. The van der Waals surface area contributed by atoms with Crippen molar-refractivity contribution in [3.05, 3.63) is 94.9 Å². The summed E-state index contributed by atoms with van der Waals surface area (Å²) in [5.74, 6) is -3.26. The topological polar surface area (TPSA) is 105 Å². The first-order chi connectivity index (χ1) is 16.8. The largest absolute Gasteiger partial charge is 0.415 e. The van der Waals surface area contributed by atoms with Crippen LogP contribution in [-0.4, -0.2) is 36.1 Å². The lowest BCUT2D eigenvalue weighted by Gasteiger charge is -2.31. The van der Waals surface area contributed by atoms with Crippen molar-refractivity contribution in [2.75, 3.05) is 0 Å². The van der Waals surface area contributed by atoms with Crippen LogP contribution in [-0.2, 0) is 6.54 Å². The van der Waals surface area contributed by atoms with Crippen molar-refractivity contribution in [3.63, 3.8) is 0 Å². The van der Waals surface area contributed by atoms with Gasteiger partial charge in [-0.15, -0.1) is 10.2 Å². The summed E-state index contributed by atoms with van der Waals surface area (Å²) >= 11 is 0. The molecule has 0 aliphatic carbocycles. The summed E-state index contributed by atoms with van der Waals surface area (Å²) < 4.78 is 58.3. The van der Waals surface area contributed by atoms with Gasteiger partial charge < -0.3 is 14.4 Å². The first-order valence-electron chi connectivity index (χ1n) is 10.3. The number of aliphatic hydroxyl groups is 1. The van der Waals surface area contributed by atoms with E-state index in [0.29, 0.717) is 5.56 Å². The Morgan fingerprint density at radius 2 is 1.63 bits per heavy atom. The lowest BCUT2D eigenvalue weighted by Crippen LogP contribution is -2.34. The second-order valence-corrected chi connectivity index (χ2v) is 7.71. The van der Waals surface area contributed by atoms with Crippen molar-refractivity contribution in [2.45, 2.75) is 25.1 Å². The van der Waals surface area contributed by atoms with E-state index in [-0.39, 0.29) is 35.0 Å². The van der Waals surface area contributed by atoms with Gasteiger partial charge in [-0.25, -0.2) is 9.97 Å². The fourth-order valence-corrected chi connectivity index (χ4v) is 3.95. The standard InChI is InChI=1S/C23H15F4N5O3/c24-16-5-1-3-14(28-16)18(19(33)15-4-2-6-17(25)29-15)32-10-12-8-7-11(9-13(12)23(32)34)21-30-31-22(35-21)20(26)27/h1-9,18-20,33H,10H2. The molecule has 4 heterocycles. The second-order valence-electron chi connectivity index (χ2n) is 7.71. The van der Waals surface area contributed by atoms with E-state index in [9.17, 15) is 27.5 Å². The van der Waals surface area contributed by atoms with Gasteiger partial charge in [0.15, 0.2) is 0 Å². The van der Waals surface area contributed by atoms with Gasteiger partial charge in [-0.2, -0.15) is 17.6 Å². The molecule has 1 N–H and O–H groups in total. The van der Waals surface area contributed by atoms with Crippen LogP contribution in [0.3, 0.4) is 0 Å². The van der Waals surface area contributed by atoms with Crippen molar-refractivity contribution < 1.29 is 31.9 Å². The molecule has 5 rings (SSSR count). The zero-order valence-corrected chi connectivity index (χ0v) is 17.6. The highest BCUT2D eigenvalue weighted by atomic mass is 19.3. The molecule has 0 radical (unpaired) electrons. The smallest absolute Gasteiger partial charge is 0.314 e. The molecule has 3 aromatic heterocycles. The zero-order chi connectivity index (χ0) is 24.7. The van der Waals surface area contributed by atoms with Gasteiger partial charge in [0, 0.05) is 17.7 Å². The molecule has 8 nitrogen and oxygen atoms in total. The quantitative estimate of drug-likeness (QED) is 0.323. The third-order valence-electron chi connectivity index (χ3n) is 5.53. The maximum Gasteiger partial charge on any atom is 0.314 e. The number of rotatable bonds is 6. The Labute approximate surface area is 194 Å². The molecule has 1 amide bonds. The van der Waals surface area contributed by atoms with Crippen LogP contribution >= 0.6 is 0 Å². The second kappa shape index (κ2) is 8.87. The number of carbonyl (C=O) groups is 1. The molecule has 1 aliphatic heterocycles. The monoisotopic (exact) mass is 485 g/mol. The molecule has 4 aromatic rings. The van der Waals surface area contributed by atoms with Gasteiger partial charge in [-0.3, -0.25) is 4.79 Å². The molecule has 2 unspecified atom stereocenters. The number of hydrogen-bond acceptors (Lipinski definition) is 7. The first-order valence-corrected chi connectivity index (χ1v) is 10.3. The third kappa shape index (κ3) is 4.23. The minimum absolute atomic E-state index is 0.00972. The minimum Gasteiger partial charge on any atom is -0.415 e. The number of alkyl halides is 2. The van der Waals surface area contributed by atoms with E-state index in [1.54, 1.807) is 6.07 Å². The first kappa shape index (κ1) is 22.6. The average molecular weight is 485 g/mol. The molecule has 2 atom stereocenters. The Hall–Kier alpha value is -4.19. The summed E-state index contributed by atoms with van der Waals surface area (Å²) in [6, 6.07) is 11.0. The van der Waals surface area contributed by atoms with Crippen LogP contribution < -0.4 is 0 Å². The average Bonchev–Trinajstić information content (AvgIpc) is 3.45. The van der Waals surface area contributed by atoms with E-state index in [4.69, 9.17) is 4.42 Å². The van der Waals surface area contributed by atoms with Crippen molar-refractivity contribution in [3.8, 4) is 11.5 Å². The van der Waals surface area contributed by atoms with E-state index in [1.807, 2.05) is 0 Å². The molecule has 1 aliphatic rings. The lowest BCUT2D eigenvalue weighted by atomic mass is 10.0.